The van der Waals surface area contributed by atoms with Gasteiger partial charge in [0.05, 0.1) is 17.3 Å². The second-order valence-electron chi connectivity index (χ2n) is 4.27. The van der Waals surface area contributed by atoms with Crippen LogP contribution in [-0.2, 0) is 11.3 Å². The summed E-state index contributed by atoms with van der Waals surface area (Å²) in [7, 11) is 1.74. The summed E-state index contributed by atoms with van der Waals surface area (Å²) >= 11 is 1.75. The molecule has 1 atom stereocenters. The van der Waals surface area contributed by atoms with Crippen molar-refractivity contribution >= 4 is 11.3 Å². The van der Waals surface area contributed by atoms with Gasteiger partial charge in [-0.15, -0.1) is 11.3 Å². The SMILES string of the molecule is CCC(COC)NCc1csc(C(C)C)n1. The highest BCUT2D eigenvalue weighted by Gasteiger charge is 2.08. The fourth-order valence-corrected chi connectivity index (χ4v) is 2.28. The first-order valence-corrected chi connectivity index (χ1v) is 6.72. The third-order valence-electron chi connectivity index (χ3n) is 2.50. The zero-order valence-electron chi connectivity index (χ0n) is 10.6. The Hall–Kier alpha value is -0.450. The monoisotopic (exact) mass is 242 g/mol. The van der Waals surface area contributed by atoms with Gasteiger partial charge in [0.15, 0.2) is 0 Å². The maximum Gasteiger partial charge on any atom is 0.0954 e. The van der Waals surface area contributed by atoms with Crippen LogP contribution in [0.1, 0.15) is 43.8 Å². The number of nitrogens with one attached hydrogen (secondary N) is 1. The van der Waals surface area contributed by atoms with Crippen LogP contribution in [0, 0.1) is 0 Å². The van der Waals surface area contributed by atoms with Crippen molar-refractivity contribution in [3.8, 4) is 0 Å². The van der Waals surface area contributed by atoms with Crippen molar-refractivity contribution in [2.24, 2.45) is 0 Å². The van der Waals surface area contributed by atoms with Crippen LogP contribution < -0.4 is 5.32 Å². The van der Waals surface area contributed by atoms with E-state index in [0.29, 0.717) is 12.0 Å². The fraction of sp³-hybridized carbons (Fsp3) is 0.750. The first-order valence-electron chi connectivity index (χ1n) is 5.84. The predicted octanol–water partition coefficient (Wildman–Crippen LogP) is 2.78. The molecule has 1 rings (SSSR count). The van der Waals surface area contributed by atoms with Crippen LogP contribution >= 0.6 is 11.3 Å². The van der Waals surface area contributed by atoms with E-state index in [9.17, 15) is 0 Å². The molecule has 0 fully saturated rings. The molecule has 16 heavy (non-hydrogen) atoms. The Kier molecular flexibility index (Phi) is 5.95. The Bertz CT molecular complexity index is 299. The number of rotatable bonds is 7. The third-order valence-corrected chi connectivity index (χ3v) is 3.69. The number of thiazole rings is 1. The predicted molar refractivity (Wildman–Crippen MR) is 69.0 cm³/mol. The molecule has 1 heterocycles. The molecule has 0 radical (unpaired) electrons. The highest BCUT2D eigenvalue weighted by molar-refractivity contribution is 7.09. The van der Waals surface area contributed by atoms with Gasteiger partial charge < -0.3 is 10.1 Å². The lowest BCUT2D eigenvalue weighted by molar-refractivity contribution is 0.163. The van der Waals surface area contributed by atoms with Crippen LogP contribution in [0.3, 0.4) is 0 Å². The topological polar surface area (TPSA) is 34.1 Å². The quantitative estimate of drug-likeness (QED) is 0.798. The molecule has 0 aliphatic rings. The standard InChI is InChI=1S/C12H22N2OS/c1-5-10(7-15-4)13-6-11-8-16-12(14-11)9(2)3/h8-10,13H,5-7H2,1-4H3. The van der Waals surface area contributed by atoms with Gasteiger partial charge in [0.2, 0.25) is 0 Å². The molecule has 0 saturated heterocycles. The summed E-state index contributed by atoms with van der Waals surface area (Å²) in [6.07, 6.45) is 1.08. The Labute approximate surface area is 102 Å². The second-order valence-corrected chi connectivity index (χ2v) is 5.16. The van der Waals surface area contributed by atoms with Crippen LogP contribution in [0.5, 0.6) is 0 Å². The molecule has 1 unspecified atom stereocenters. The number of aromatic nitrogens is 1. The third kappa shape index (κ3) is 4.20. The zero-order valence-corrected chi connectivity index (χ0v) is 11.4. The van der Waals surface area contributed by atoms with Crippen LogP contribution in [-0.4, -0.2) is 24.7 Å². The summed E-state index contributed by atoms with van der Waals surface area (Å²) in [5.74, 6) is 0.527. The van der Waals surface area contributed by atoms with Crippen LogP contribution in [0.2, 0.25) is 0 Å². The second kappa shape index (κ2) is 6.99. The van der Waals surface area contributed by atoms with Crippen molar-refractivity contribution in [2.75, 3.05) is 13.7 Å². The normalized spacial score (nSPS) is 13.3. The molecule has 4 heteroatoms. The molecule has 0 spiro atoms. The molecule has 0 aliphatic heterocycles. The summed E-state index contributed by atoms with van der Waals surface area (Å²) in [6, 6.07) is 0.425. The summed E-state index contributed by atoms with van der Waals surface area (Å²) in [5.41, 5.74) is 1.14. The average Bonchev–Trinajstić information content (AvgIpc) is 2.73. The van der Waals surface area contributed by atoms with Gasteiger partial charge in [-0.1, -0.05) is 20.8 Å². The van der Waals surface area contributed by atoms with E-state index < -0.39 is 0 Å². The minimum Gasteiger partial charge on any atom is -0.383 e. The van der Waals surface area contributed by atoms with Gasteiger partial charge in [0, 0.05) is 31.0 Å². The lowest BCUT2D eigenvalue weighted by Gasteiger charge is -2.14. The molecular weight excluding hydrogens is 220 g/mol. The molecule has 0 saturated carbocycles. The number of ether oxygens (including phenoxy) is 1. The smallest absolute Gasteiger partial charge is 0.0954 e. The van der Waals surface area contributed by atoms with Crippen molar-refractivity contribution < 1.29 is 4.74 Å². The van der Waals surface area contributed by atoms with Gasteiger partial charge in [0.1, 0.15) is 0 Å². The minimum atomic E-state index is 0.425. The van der Waals surface area contributed by atoms with Gasteiger partial charge in [-0.3, -0.25) is 0 Å². The Morgan fingerprint density at radius 2 is 2.25 bits per heavy atom. The Balaban J connectivity index is 2.41. The maximum absolute atomic E-state index is 5.15. The zero-order chi connectivity index (χ0) is 12.0. The Morgan fingerprint density at radius 1 is 1.50 bits per heavy atom. The molecule has 0 aromatic carbocycles. The molecular formula is C12H22N2OS. The fourth-order valence-electron chi connectivity index (χ4n) is 1.44. The summed E-state index contributed by atoms with van der Waals surface area (Å²) in [4.78, 5) is 4.59. The molecule has 0 aliphatic carbocycles. The number of nitrogens with zero attached hydrogens (tertiary/aromatic N) is 1. The van der Waals surface area contributed by atoms with E-state index in [1.165, 1.54) is 5.01 Å². The van der Waals surface area contributed by atoms with E-state index in [-0.39, 0.29) is 0 Å². The van der Waals surface area contributed by atoms with Crippen LogP contribution in [0.25, 0.3) is 0 Å². The summed E-state index contributed by atoms with van der Waals surface area (Å²) in [5, 5.41) is 6.82. The van der Waals surface area contributed by atoms with Crippen molar-refractivity contribution in [1.82, 2.24) is 10.3 Å². The Morgan fingerprint density at radius 3 is 2.75 bits per heavy atom. The number of methoxy groups -OCH3 is 1. The van der Waals surface area contributed by atoms with Crippen molar-refractivity contribution in [3.63, 3.8) is 0 Å². The summed E-state index contributed by atoms with van der Waals surface area (Å²) < 4.78 is 5.15. The van der Waals surface area contributed by atoms with Crippen molar-refractivity contribution in [2.45, 2.75) is 45.7 Å². The molecule has 1 N–H and O–H groups in total. The van der Waals surface area contributed by atoms with Gasteiger partial charge in [-0.05, 0) is 6.42 Å². The molecule has 1 aromatic heterocycles. The minimum absolute atomic E-state index is 0.425. The maximum atomic E-state index is 5.15. The first-order chi connectivity index (χ1) is 7.67. The molecule has 1 aromatic rings. The van der Waals surface area contributed by atoms with E-state index in [2.05, 4.69) is 36.5 Å². The van der Waals surface area contributed by atoms with Gasteiger partial charge in [0.25, 0.3) is 0 Å². The number of hydrogen-bond donors (Lipinski definition) is 1. The lowest BCUT2D eigenvalue weighted by atomic mass is 10.2. The van der Waals surface area contributed by atoms with Gasteiger partial charge >= 0.3 is 0 Å². The number of hydrogen-bond acceptors (Lipinski definition) is 4. The van der Waals surface area contributed by atoms with E-state index in [1.807, 2.05) is 0 Å². The first kappa shape index (κ1) is 13.6. The molecule has 92 valence electrons. The van der Waals surface area contributed by atoms with Crippen LogP contribution in [0.4, 0.5) is 0 Å². The van der Waals surface area contributed by atoms with Gasteiger partial charge in [-0.2, -0.15) is 0 Å². The van der Waals surface area contributed by atoms with E-state index in [4.69, 9.17) is 4.74 Å². The molecule has 0 amide bonds. The van der Waals surface area contributed by atoms with Crippen LogP contribution in [0.15, 0.2) is 5.38 Å². The molecule has 0 bridgehead atoms. The molecule has 3 nitrogen and oxygen atoms in total. The van der Waals surface area contributed by atoms with Crippen molar-refractivity contribution in [1.29, 1.82) is 0 Å². The highest BCUT2D eigenvalue weighted by Crippen LogP contribution is 2.19. The summed E-state index contributed by atoms with van der Waals surface area (Å²) in [6.45, 7) is 8.12. The highest BCUT2D eigenvalue weighted by atomic mass is 32.1. The van der Waals surface area contributed by atoms with E-state index >= 15 is 0 Å². The average molecular weight is 242 g/mol. The largest absolute Gasteiger partial charge is 0.383 e. The lowest BCUT2D eigenvalue weighted by Crippen LogP contribution is -2.32. The van der Waals surface area contributed by atoms with Gasteiger partial charge in [-0.25, -0.2) is 4.98 Å². The van der Waals surface area contributed by atoms with E-state index in [0.717, 1.165) is 25.3 Å². The van der Waals surface area contributed by atoms with E-state index in [1.54, 1.807) is 18.4 Å². The van der Waals surface area contributed by atoms with Crippen molar-refractivity contribution in [3.05, 3.63) is 16.1 Å².